The highest BCUT2D eigenvalue weighted by atomic mass is 19.4. The summed E-state index contributed by atoms with van der Waals surface area (Å²) in [7, 11) is 0. The van der Waals surface area contributed by atoms with Gasteiger partial charge in [0, 0.05) is 40.8 Å². The lowest BCUT2D eigenvalue weighted by molar-refractivity contribution is -0.207. The van der Waals surface area contributed by atoms with E-state index in [4.69, 9.17) is 4.74 Å². The van der Waals surface area contributed by atoms with Crippen LogP contribution in [0.15, 0.2) is 55.0 Å². The first kappa shape index (κ1) is 22.9. The molecule has 4 heterocycles. The average Bonchev–Trinajstić information content (AvgIpc) is 3.46. The molecule has 3 N–H and O–H groups in total. The van der Waals surface area contributed by atoms with Crippen LogP contribution in [-0.2, 0) is 16.0 Å². The first-order valence-electron chi connectivity index (χ1n) is 11.2. The summed E-state index contributed by atoms with van der Waals surface area (Å²) >= 11 is 0. The Hall–Kier alpha value is -4.52. The van der Waals surface area contributed by atoms with Crippen molar-refractivity contribution >= 4 is 39.5 Å². The standard InChI is InChI=1S/C24H17F4N7O2/c25-14-10-30-23(34-20(14)35-11-31-15-3-1-2-4-18(15)35)32-12-5-6-13-17(9-12)33-16-7-8-29-21(19(13)16)37-22(36)24(26,27)28/h1-6,9-11,21,29,33H,7-8H2,(H,30,32,34). The number of esters is 1. The summed E-state index contributed by atoms with van der Waals surface area (Å²) in [4.78, 5) is 27.2. The number of aromatic nitrogens is 5. The number of aromatic amines is 1. The highest BCUT2D eigenvalue weighted by Crippen LogP contribution is 2.35. The predicted octanol–water partition coefficient (Wildman–Crippen LogP) is 4.43. The molecule has 5 aromatic rings. The Bertz CT molecular complexity index is 1660. The van der Waals surface area contributed by atoms with Crippen LogP contribution in [0, 0.1) is 5.82 Å². The number of nitrogens with zero attached hydrogens (tertiary/aromatic N) is 4. The molecular formula is C24H17F4N7O2. The van der Waals surface area contributed by atoms with E-state index in [9.17, 15) is 22.4 Å². The van der Waals surface area contributed by atoms with Crippen LogP contribution in [0.4, 0.5) is 29.2 Å². The molecule has 0 spiro atoms. The van der Waals surface area contributed by atoms with Gasteiger partial charge in [0.1, 0.15) is 6.33 Å². The number of H-pyrrole nitrogens is 1. The normalized spacial score (nSPS) is 15.6. The number of nitrogens with one attached hydrogen (secondary N) is 3. The molecule has 0 radical (unpaired) electrons. The minimum atomic E-state index is -5.10. The summed E-state index contributed by atoms with van der Waals surface area (Å²) in [6, 6.07) is 12.3. The number of alkyl halides is 3. The van der Waals surface area contributed by atoms with Gasteiger partial charge in [-0.25, -0.2) is 19.2 Å². The van der Waals surface area contributed by atoms with Gasteiger partial charge in [0.2, 0.25) is 5.95 Å². The summed E-state index contributed by atoms with van der Waals surface area (Å²) in [5, 5.41) is 6.43. The van der Waals surface area contributed by atoms with Crippen LogP contribution in [0.3, 0.4) is 0 Å². The zero-order valence-electron chi connectivity index (χ0n) is 18.8. The van der Waals surface area contributed by atoms with E-state index in [1.807, 2.05) is 12.1 Å². The molecule has 0 saturated carbocycles. The second kappa shape index (κ2) is 8.55. The lowest BCUT2D eigenvalue weighted by Crippen LogP contribution is -2.36. The van der Waals surface area contributed by atoms with Gasteiger partial charge in [0.25, 0.3) is 0 Å². The molecule has 13 heteroatoms. The van der Waals surface area contributed by atoms with Gasteiger partial charge < -0.3 is 15.0 Å². The number of carbonyl (C=O) groups excluding carboxylic acids is 1. The number of benzene rings is 2. The molecule has 6 rings (SSSR count). The number of anilines is 2. The zero-order chi connectivity index (χ0) is 25.7. The van der Waals surface area contributed by atoms with E-state index < -0.39 is 24.2 Å². The highest BCUT2D eigenvalue weighted by Gasteiger charge is 2.43. The summed E-state index contributed by atoms with van der Waals surface area (Å²) in [6.07, 6.45) is -3.30. The van der Waals surface area contributed by atoms with Gasteiger partial charge in [-0.05, 0) is 24.3 Å². The molecule has 37 heavy (non-hydrogen) atoms. The molecule has 0 fully saturated rings. The first-order valence-corrected chi connectivity index (χ1v) is 11.2. The Morgan fingerprint density at radius 2 is 2.00 bits per heavy atom. The second-order valence-corrected chi connectivity index (χ2v) is 8.36. The number of carbonyl (C=O) groups is 1. The fraction of sp³-hybridized carbons (Fsp3) is 0.167. The van der Waals surface area contributed by atoms with E-state index in [2.05, 4.69) is 30.6 Å². The minimum absolute atomic E-state index is 0.0167. The highest BCUT2D eigenvalue weighted by molar-refractivity contribution is 5.89. The Morgan fingerprint density at radius 3 is 2.84 bits per heavy atom. The number of hydrogen-bond acceptors (Lipinski definition) is 7. The second-order valence-electron chi connectivity index (χ2n) is 8.36. The van der Waals surface area contributed by atoms with Crippen LogP contribution in [0.1, 0.15) is 17.5 Å². The van der Waals surface area contributed by atoms with Crippen molar-refractivity contribution in [2.45, 2.75) is 18.8 Å². The van der Waals surface area contributed by atoms with E-state index >= 15 is 0 Å². The van der Waals surface area contributed by atoms with E-state index in [1.54, 1.807) is 30.3 Å². The smallest absolute Gasteiger partial charge is 0.435 e. The lowest BCUT2D eigenvalue weighted by Gasteiger charge is -2.25. The van der Waals surface area contributed by atoms with E-state index in [-0.39, 0.29) is 11.8 Å². The van der Waals surface area contributed by atoms with Crippen molar-refractivity contribution in [3.8, 4) is 5.82 Å². The van der Waals surface area contributed by atoms with Crippen LogP contribution >= 0.6 is 0 Å². The summed E-state index contributed by atoms with van der Waals surface area (Å²) in [6.45, 7) is 0.329. The largest absolute Gasteiger partial charge is 0.490 e. The quantitative estimate of drug-likeness (QED) is 0.242. The maximum atomic E-state index is 14.6. The molecule has 0 aliphatic carbocycles. The van der Waals surface area contributed by atoms with E-state index in [0.717, 1.165) is 6.20 Å². The minimum Gasteiger partial charge on any atom is -0.435 e. The zero-order valence-corrected chi connectivity index (χ0v) is 18.8. The molecular weight excluding hydrogens is 494 g/mol. The van der Waals surface area contributed by atoms with Gasteiger partial charge in [0.15, 0.2) is 17.9 Å². The molecule has 2 aromatic carbocycles. The molecule has 1 aliphatic rings. The van der Waals surface area contributed by atoms with E-state index in [0.29, 0.717) is 51.8 Å². The van der Waals surface area contributed by atoms with Crippen molar-refractivity contribution in [3.63, 3.8) is 0 Å². The van der Waals surface area contributed by atoms with Crippen LogP contribution in [-0.4, -0.2) is 43.2 Å². The van der Waals surface area contributed by atoms with Crippen molar-refractivity contribution in [2.75, 3.05) is 11.9 Å². The summed E-state index contributed by atoms with van der Waals surface area (Å²) < 4.78 is 59.1. The lowest BCUT2D eigenvalue weighted by atomic mass is 10.0. The molecule has 0 amide bonds. The topological polar surface area (TPSA) is 110 Å². The summed E-state index contributed by atoms with van der Waals surface area (Å²) in [5.41, 5.74) is 3.63. The molecule has 0 saturated heterocycles. The monoisotopic (exact) mass is 511 g/mol. The van der Waals surface area contributed by atoms with Crippen LogP contribution in [0.2, 0.25) is 0 Å². The van der Waals surface area contributed by atoms with Gasteiger partial charge in [-0.3, -0.25) is 9.88 Å². The molecule has 3 aromatic heterocycles. The number of fused-ring (bicyclic) bond motifs is 4. The first-order chi connectivity index (χ1) is 17.8. The predicted molar refractivity (Wildman–Crippen MR) is 125 cm³/mol. The van der Waals surface area contributed by atoms with Crippen molar-refractivity contribution in [1.29, 1.82) is 0 Å². The number of ether oxygens (including phenoxy) is 1. The molecule has 188 valence electrons. The van der Waals surface area contributed by atoms with Gasteiger partial charge in [-0.2, -0.15) is 18.2 Å². The van der Waals surface area contributed by atoms with Gasteiger partial charge in [-0.15, -0.1) is 0 Å². The maximum absolute atomic E-state index is 14.6. The number of halogens is 4. The Labute approximate surface area is 205 Å². The Balaban J connectivity index is 1.31. The summed E-state index contributed by atoms with van der Waals surface area (Å²) in [5.74, 6) is -2.75. The molecule has 9 nitrogen and oxygen atoms in total. The van der Waals surface area contributed by atoms with Crippen LogP contribution in [0.25, 0.3) is 27.8 Å². The Morgan fingerprint density at radius 1 is 1.16 bits per heavy atom. The number of hydrogen-bond donors (Lipinski definition) is 3. The van der Waals surface area contributed by atoms with Gasteiger partial charge >= 0.3 is 12.1 Å². The molecule has 1 unspecified atom stereocenters. The Kier molecular flexibility index (Phi) is 5.30. The van der Waals surface area contributed by atoms with Crippen molar-refractivity contribution < 1.29 is 27.1 Å². The molecule has 1 aliphatic heterocycles. The third-order valence-corrected chi connectivity index (χ3v) is 6.01. The van der Waals surface area contributed by atoms with Crippen molar-refractivity contribution in [3.05, 3.63) is 72.1 Å². The number of para-hydroxylation sites is 2. The fourth-order valence-corrected chi connectivity index (χ4v) is 4.40. The SMILES string of the molecule is O=C(OC1NCCc2[nH]c3cc(Nc4ncc(F)c(-n5cnc6ccccc65)n4)ccc3c21)C(F)(F)F. The number of rotatable bonds is 4. The molecule has 1 atom stereocenters. The maximum Gasteiger partial charge on any atom is 0.490 e. The van der Waals surface area contributed by atoms with Crippen LogP contribution in [0.5, 0.6) is 0 Å². The number of imidazole rings is 1. The average molecular weight is 511 g/mol. The van der Waals surface area contributed by atoms with Crippen molar-refractivity contribution in [1.82, 2.24) is 29.8 Å². The van der Waals surface area contributed by atoms with Crippen molar-refractivity contribution in [2.24, 2.45) is 0 Å². The third-order valence-electron chi connectivity index (χ3n) is 6.01. The van der Waals surface area contributed by atoms with E-state index in [1.165, 1.54) is 10.9 Å². The molecule has 0 bridgehead atoms. The fourth-order valence-electron chi connectivity index (χ4n) is 4.40. The van der Waals surface area contributed by atoms with Gasteiger partial charge in [-0.1, -0.05) is 18.2 Å². The van der Waals surface area contributed by atoms with Crippen LogP contribution < -0.4 is 10.6 Å². The van der Waals surface area contributed by atoms with Gasteiger partial charge in [0.05, 0.1) is 17.2 Å². The third kappa shape index (κ3) is 4.12.